The highest BCUT2D eigenvalue weighted by Crippen LogP contribution is 2.19. The van der Waals surface area contributed by atoms with Crippen molar-refractivity contribution in [3.63, 3.8) is 0 Å². The van der Waals surface area contributed by atoms with Gasteiger partial charge >= 0.3 is 0 Å². The minimum absolute atomic E-state index is 0.159. The van der Waals surface area contributed by atoms with E-state index in [2.05, 4.69) is 11.6 Å². The molecule has 86 valence electrons. The van der Waals surface area contributed by atoms with Crippen LogP contribution >= 0.6 is 0 Å². The molecule has 0 aliphatic rings. The van der Waals surface area contributed by atoms with Crippen molar-refractivity contribution in [1.29, 1.82) is 0 Å². The molecular formula is C15H15NO. The summed E-state index contributed by atoms with van der Waals surface area (Å²) in [5.41, 5.74) is 2.67. The monoisotopic (exact) mass is 225 g/mol. The number of carbonyl (C=O) groups excluding carboxylic acids is 1. The van der Waals surface area contributed by atoms with E-state index in [4.69, 9.17) is 0 Å². The first-order valence-corrected chi connectivity index (χ1v) is 5.70. The Morgan fingerprint density at radius 3 is 2.82 bits per heavy atom. The second-order valence-electron chi connectivity index (χ2n) is 4.26. The van der Waals surface area contributed by atoms with Crippen LogP contribution in [0.25, 0.3) is 10.9 Å². The lowest BCUT2D eigenvalue weighted by molar-refractivity contribution is 0.0984. The normalized spacial score (nSPS) is 10.4. The minimum Gasteiger partial charge on any atom is -0.294 e. The lowest BCUT2D eigenvalue weighted by Crippen LogP contribution is -2.00. The molecule has 1 aromatic heterocycles. The molecule has 17 heavy (non-hydrogen) atoms. The van der Waals surface area contributed by atoms with Crippen LogP contribution in [0.5, 0.6) is 0 Å². The number of Topliss-reactive ketones (excluding diaryl/α,β-unsaturated/α-hetero) is 1. The van der Waals surface area contributed by atoms with E-state index >= 15 is 0 Å². The molecule has 0 spiro atoms. The van der Waals surface area contributed by atoms with Gasteiger partial charge < -0.3 is 0 Å². The molecule has 2 heteroatoms. The van der Waals surface area contributed by atoms with Crippen molar-refractivity contribution < 1.29 is 4.79 Å². The molecule has 0 bridgehead atoms. The summed E-state index contributed by atoms with van der Waals surface area (Å²) in [6.07, 6.45) is 3.00. The molecule has 0 aliphatic heterocycles. The molecule has 0 atom stereocenters. The summed E-state index contributed by atoms with van der Waals surface area (Å²) >= 11 is 0. The third-order valence-electron chi connectivity index (χ3n) is 2.72. The highest BCUT2D eigenvalue weighted by Gasteiger charge is 2.09. The minimum atomic E-state index is 0.159. The van der Waals surface area contributed by atoms with Crippen LogP contribution in [0, 0.1) is 0 Å². The van der Waals surface area contributed by atoms with E-state index in [1.165, 1.54) is 0 Å². The Hall–Kier alpha value is -1.96. The van der Waals surface area contributed by atoms with Gasteiger partial charge in [0.25, 0.3) is 0 Å². The summed E-state index contributed by atoms with van der Waals surface area (Å²) in [6.45, 7) is 5.76. The molecule has 1 heterocycles. The number of allylic oxidation sites excluding steroid dienone is 1. The van der Waals surface area contributed by atoms with Crippen LogP contribution in [0.1, 0.15) is 30.1 Å². The van der Waals surface area contributed by atoms with Crippen LogP contribution < -0.4 is 0 Å². The van der Waals surface area contributed by atoms with Crippen molar-refractivity contribution in [1.82, 2.24) is 4.98 Å². The molecule has 0 fully saturated rings. The van der Waals surface area contributed by atoms with E-state index in [0.717, 1.165) is 28.5 Å². The van der Waals surface area contributed by atoms with Crippen molar-refractivity contribution in [3.05, 3.63) is 54.2 Å². The van der Waals surface area contributed by atoms with Crippen molar-refractivity contribution in [3.8, 4) is 0 Å². The smallest absolute Gasteiger partial charge is 0.163 e. The Morgan fingerprint density at radius 2 is 2.06 bits per heavy atom. The Morgan fingerprint density at radius 1 is 1.24 bits per heavy atom. The van der Waals surface area contributed by atoms with Gasteiger partial charge in [-0.25, -0.2) is 0 Å². The van der Waals surface area contributed by atoms with Gasteiger partial charge in [-0.2, -0.15) is 0 Å². The van der Waals surface area contributed by atoms with Crippen LogP contribution in [-0.4, -0.2) is 10.8 Å². The molecule has 2 aromatic rings. The van der Waals surface area contributed by atoms with Gasteiger partial charge in [0.15, 0.2) is 5.78 Å². The average Bonchev–Trinajstić information content (AvgIpc) is 2.35. The number of pyridine rings is 1. The fourth-order valence-corrected chi connectivity index (χ4v) is 1.81. The van der Waals surface area contributed by atoms with Gasteiger partial charge in [-0.1, -0.05) is 23.8 Å². The zero-order valence-corrected chi connectivity index (χ0v) is 9.94. The number of benzene rings is 1. The van der Waals surface area contributed by atoms with Gasteiger partial charge in [-0.3, -0.25) is 9.78 Å². The second-order valence-corrected chi connectivity index (χ2v) is 4.26. The number of aromatic nitrogens is 1. The van der Waals surface area contributed by atoms with E-state index in [0.29, 0.717) is 6.42 Å². The summed E-state index contributed by atoms with van der Waals surface area (Å²) in [7, 11) is 0. The predicted molar refractivity (Wildman–Crippen MR) is 70.1 cm³/mol. The van der Waals surface area contributed by atoms with Crippen LogP contribution in [-0.2, 0) is 0 Å². The van der Waals surface area contributed by atoms with Crippen molar-refractivity contribution >= 4 is 16.7 Å². The molecule has 0 N–H and O–H groups in total. The van der Waals surface area contributed by atoms with Crippen molar-refractivity contribution in [2.75, 3.05) is 0 Å². The molecule has 2 rings (SSSR count). The number of fused-ring (bicyclic) bond motifs is 1. The fourth-order valence-electron chi connectivity index (χ4n) is 1.81. The molecular weight excluding hydrogens is 210 g/mol. The Bertz CT molecular complexity index is 567. The van der Waals surface area contributed by atoms with Gasteiger partial charge in [0.05, 0.1) is 5.52 Å². The standard InChI is InChI=1S/C15H15NO/c1-11(2)8-9-15(17)13-5-3-7-14-12(13)6-4-10-16-14/h3-7,10H,1,8-9H2,2H3. The summed E-state index contributed by atoms with van der Waals surface area (Å²) < 4.78 is 0. The largest absolute Gasteiger partial charge is 0.294 e. The van der Waals surface area contributed by atoms with Gasteiger partial charge in [-0.15, -0.1) is 6.58 Å². The van der Waals surface area contributed by atoms with Crippen LogP contribution in [0.4, 0.5) is 0 Å². The third-order valence-corrected chi connectivity index (χ3v) is 2.72. The molecule has 0 saturated carbocycles. The molecule has 1 aromatic carbocycles. The second kappa shape index (κ2) is 4.91. The summed E-state index contributed by atoms with van der Waals surface area (Å²) in [6, 6.07) is 9.47. The number of carbonyl (C=O) groups is 1. The highest BCUT2D eigenvalue weighted by molar-refractivity contribution is 6.07. The first-order chi connectivity index (χ1) is 8.18. The van der Waals surface area contributed by atoms with E-state index in [1.54, 1.807) is 6.20 Å². The highest BCUT2D eigenvalue weighted by atomic mass is 16.1. The SMILES string of the molecule is C=C(C)CCC(=O)c1cccc2ncccc12. The Kier molecular flexibility index (Phi) is 3.33. The van der Waals surface area contributed by atoms with Gasteiger partial charge in [0.1, 0.15) is 0 Å². The van der Waals surface area contributed by atoms with Gasteiger partial charge in [0, 0.05) is 23.6 Å². The summed E-state index contributed by atoms with van der Waals surface area (Å²) in [5, 5.41) is 0.932. The number of nitrogens with zero attached hydrogens (tertiary/aromatic N) is 1. The maximum Gasteiger partial charge on any atom is 0.163 e. The third kappa shape index (κ3) is 2.59. The van der Waals surface area contributed by atoms with E-state index in [-0.39, 0.29) is 5.78 Å². The van der Waals surface area contributed by atoms with Crippen LogP contribution in [0.2, 0.25) is 0 Å². The molecule has 2 nitrogen and oxygen atoms in total. The summed E-state index contributed by atoms with van der Waals surface area (Å²) in [4.78, 5) is 16.3. The van der Waals surface area contributed by atoms with Crippen LogP contribution in [0.15, 0.2) is 48.7 Å². The fraction of sp³-hybridized carbons (Fsp3) is 0.200. The lowest BCUT2D eigenvalue weighted by atomic mass is 10.0. The van der Waals surface area contributed by atoms with Gasteiger partial charge in [0.2, 0.25) is 0 Å². The van der Waals surface area contributed by atoms with E-state index < -0.39 is 0 Å². The Balaban J connectivity index is 2.35. The lowest BCUT2D eigenvalue weighted by Gasteiger charge is -2.05. The predicted octanol–water partition coefficient (Wildman–Crippen LogP) is 3.77. The Labute approximate surface area is 101 Å². The average molecular weight is 225 g/mol. The number of ketones is 1. The van der Waals surface area contributed by atoms with Crippen molar-refractivity contribution in [2.24, 2.45) is 0 Å². The molecule has 0 radical (unpaired) electrons. The first kappa shape index (κ1) is 11.5. The zero-order chi connectivity index (χ0) is 12.3. The number of rotatable bonds is 4. The van der Waals surface area contributed by atoms with E-state index in [9.17, 15) is 4.79 Å². The number of hydrogen-bond acceptors (Lipinski definition) is 2. The van der Waals surface area contributed by atoms with E-state index in [1.807, 2.05) is 37.3 Å². The maximum absolute atomic E-state index is 12.1. The van der Waals surface area contributed by atoms with Gasteiger partial charge in [-0.05, 0) is 25.5 Å². The zero-order valence-electron chi connectivity index (χ0n) is 9.94. The van der Waals surface area contributed by atoms with Crippen molar-refractivity contribution in [2.45, 2.75) is 19.8 Å². The number of hydrogen-bond donors (Lipinski definition) is 0. The topological polar surface area (TPSA) is 30.0 Å². The maximum atomic E-state index is 12.1. The molecule has 0 unspecified atom stereocenters. The molecule has 0 aliphatic carbocycles. The van der Waals surface area contributed by atoms with Crippen LogP contribution in [0.3, 0.4) is 0 Å². The summed E-state index contributed by atoms with van der Waals surface area (Å²) in [5.74, 6) is 0.159. The quantitative estimate of drug-likeness (QED) is 0.585. The molecule has 0 saturated heterocycles. The molecule has 0 amide bonds. The first-order valence-electron chi connectivity index (χ1n) is 5.70.